The van der Waals surface area contributed by atoms with Crippen LogP contribution in [0.4, 0.5) is 10.2 Å². The monoisotopic (exact) mass is 356 g/mol. The van der Waals surface area contributed by atoms with Crippen molar-refractivity contribution in [3.8, 4) is 0 Å². The number of nitrogens with zero attached hydrogens (tertiary/aromatic N) is 1. The predicted octanol–water partition coefficient (Wildman–Crippen LogP) is 4.00. The number of nitrogens with one attached hydrogen (secondary N) is 1. The topological polar surface area (TPSA) is 43.4 Å². The summed E-state index contributed by atoms with van der Waals surface area (Å²) in [5.41, 5.74) is 2.04. The molecule has 0 bridgehead atoms. The first-order valence-corrected chi connectivity index (χ1v) is 8.94. The maximum atomic E-state index is 13.1. The lowest BCUT2D eigenvalue weighted by molar-refractivity contribution is 0.00578. The van der Waals surface area contributed by atoms with Crippen LogP contribution >= 0.6 is 0 Å². The summed E-state index contributed by atoms with van der Waals surface area (Å²) in [4.78, 5) is 4.65. The molecule has 1 saturated heterocycles. The van der Waals surface area contributed by atoms with E-state index in [4.69, 9.17) is 9.31 Å². The Bertz CT molecular complexity index is 777. The van der Waals surface area contributed by atoms with Crippen LogP contribution in [-0.2, 0) is 9.31 Å². The van der Waals surface area contributed by atoms with E-state index in [0.717, 1.165) is 22.5 Å². The van der Waals surface area contributed by atoms with Crippen molar-refractivity contribution in [3.63, 3.8) is 0 Å². The van der Waals surface area contributed by atoms with Gasteiger partial charge in [-0.3, -0.25) is 0 Å². The molecule has 0 radical (unpaired) electrons. The number of pyridine rings is 1. The van der Waals surface area contributed by atoms with Gasteiger partial charge in [-0.1, -0.05) is 18.2 Å². The number of benzene rings is 1. The minimum absolute atomic E-state index is 0.0187. The van der Waals surface area contributed by atoms with Gasteiger partial charge in [-0.15, -0.1) is 0 Å². The van der Waals surface area contributed by atoms with Crippen LogP contribution in [0.25, 0.3) is 0 Å². The molecule has 1 aliphatic heterocycles. The maximum absolute atomic E-state index is 13.1. The van der Waals surface area contributed by atoms with Crippen molar-refractivity contribution in [1.29, 1.82) is 0 Å². The Hall–Kier alpha value is -1.92. The molecule has 1 fully saturated rings. The first-order chi connectivity index (χ1) is 12.1. The van der Waals surface area contributed by atoms with Crippen molar-refractivity contribution >= 4 is 18.4 Å². The van der Waals surface area contributed by atoms with E-state index in [1.807, 2.05) is 53.7 Å². The van der Waals surface area contributed by atoms with E-state index in [0.29, 0.717) is 0 Å². The summed E-state index contributed by atoms with van der Waals surface area (Å²) in [7, 11) is -0.420. The largest absolute Gasteiger partial charge is 0.496 e. The molecule has 1 aliphatic rings. The van der Waals surface area contributed by atoms with E-state index in [1.165, 1.54) is 12.1 Å². The summed E-state index contributed by atoms with van der Waals surface area (Å²) in [6.45, 7) is 12.1. The molecule has 138 valence electrons. The number of halogens is 1. The highest BCUT2D eigenvalue weighted by Crippen LogP contribution is 2.36. The van der Waals surface area contributed by atoms with Crippen LogP contribution in [0.5, 0.6) is 0 Å². The molecule has 1 N–H and O–H groups in total. The third-order valence-corrected chi connectivity index (χ3v) is 5.37. The number of aryl methyl sites for hydroxylation is 1. The molecule has 0 amide bonds. The summed E-state index contributed by atoms with van der Waals surface area (Å²) in [5.74, 6) is 0.529. The standard InChI is InChI=1S/C20H26BFN2O2/c1-13(15-7-9-16(22)10-8-15)23-18-12-11-17(14(2)24-18)21-25-19(3,4)20(5,6)26-21/h7-13H,1-6H3,(H,23,24)/t13-/m1/s1. The number of rotatable bonds is 4. The highest BCUT2D eigenvalue weighted by molar-refractivity contribution is 6.62. The maximum Gasteiger partial charge on any atom is 0.496 e. The van der Waals surface area contributed by atoms with Gasteiger partial charge < -0.3 is 14.6 Å². The van der Waals surface area contributed by atoms with Crippen LogP contribution < -0.4 is 10.8 Å². The Morgan fingerprint density at radius 2 is 1.58 bits per heavy atom. The first kappa shape index (κ1) is 18.9. The van der Waals surface area contributed by atoms with Crippen LogP contribution in [0.15, 0.2) is 36.4 Å². The molecule has 2 heterocycles. The molecule has 1 aromatic heterocycles. The fraction of sp³-hybridized carbons (Fsp3) is 0.450. The van der Waals surface area contributed by atoms with Gasteiger partial charge in [-0.25, -0.2) is 9.37 Å². The summed E-state index contributed by atoms with van der Waals surface area (Å²) < 4.78 is 25.3. The first-order valence-electron chi connectivity index (χ1n) is 8.94. The molecule has 1 atom stereocenters. The molecule has 4 nitrogen and oxygen atoms in total. The normalized spacial score (nSPS) is 19.4. The fourth-order valence-electron chi connectivity index (χ4n) is 2.93. The molecule has 2 aromatic rings. The van der Waals surface area contributed by atoms with Gasteiger partial charge in [0.15, 0.2) is 0 Å². The molecule has 0 saturated carbocycles. The van der Waals surface area contributed by atoms with E-state index in [-0.39, 0.29) is 23.1 Å². The second-order valence-corrected chi connectivity index (χ2v) is 7.88. The Labute approximate surface area is 155 Å². The zero-order valence-electron chi connectivity index (χ0n) is 16.3. The number of hydrogen-bond donors (Lipinski definition) is 1. The molecular formula is C20H26BFN2O2. The highest BCUT2D eigenvalue weighted by Gasteiger charge is 2.52. The zero-order valence-corrected chi connectivity index (χ0v) is 16.3. The Kier molecular flexibility index (Phi) is 4.84. The highest BCUT2D eigenvalue weighted by atomic mass is 19.1. The van der Waals surface area contributed by atoms with E-state index in [2.05, 4.69) is 10.3 Å². The van der Waals surface area contributed by atoms with Crippen LogP contribution in [0, 0.1) is 12.7 Å². The summed E-state index contributed by atoms with van der Waals surface area (Å²) in [5, 5.41) is 3.35. The van der Waals surface area contributed by atoms with Crippen LogP contribution in [-0.4, -0.2) is 23.3 Å². The zero-order chi connectivity index (χ0) is 19.1. The van der Waals surface area contributed by atoms with Gasteiger partial charge in [-0.05, 0) is 65.3 Å². The smallest absolute Gasteiger partial charge is 0.399 e. The van der Waals surface area contributed by atoms with Gasteiger partial charge in [0.05, 0.1) is 11.2 Å². The van der Waals surface area contributed by atoms with Gasteiger partial charge in [0.1, 0.15) is 11.6 Å². The van der Waals surface area contributed by atoms with Crippen molar-refractivity contribution in [3.05, 3.63) is 53.5 Å². The quantitative estimate of drug-likeness (QED) is 0.841. The van der Waals surface area contributed by atoms with E-state index >= 15 is 0 Å². The lowest BCUT2D eigenvalue weighted by atomic mass is 9.78. The Morgan fingerprint density at radius 1 is 1.00 bits per heavy atom. The lowest BCUT2D eigenvalue weighted by Gasteiger charge is -2.32. The number of aromatic nitrogens is 1. The molecule has 3 rings (SSSR count). The molecule has 26 heavy (non-hydrogen) atoms. The Morgan fingerprint density at radius 3 is 2.12 bits per heavy atom. The van der Waals surface area contributed by atoms with Gasteiger partial charge in [-0.2, -0.15) is 0 Å². The molecule has 0 unspecified atom stereocenters. The summed E-state index contributed by atoms with van der Waals surface area (Å²) in [6.07, 6.45) is 0. The Balaban J connectivity index is 1.75. The predicted molar refractivity (Wildman–Crippen MR) is 103 cm³/mol. The molecule has 6 heteroatoms. The second kappa shape index (κ2) is 6.67. The molecule has 1 aromatic carbocycles. The third kappa shape index (κ3) is 3.62. The summed E-state index contributed by atoms with van der Waals surface area (Å²) >= 11 is 0. The summed E-state index contributed by atoms with van der Waals surface area (Å²) in [6, 6.07) is 10.4. The number of hydrogen-bond acceptors (Lipinski definition) is 4. The minimum Gasteiger partial charge on any atom is -0.399 e. The van der Waals surface area contributed by atoms with Crippen LogP contribution in [0.2, 0.25) is 0 Å². The molecule has 0 aliphatic carbocycles. The van der Waals surface area contributed by atoms with Gasteiger partial charge in [0.25, 0.3) is 0 Å². The van der Waals surface area contributed by atoms with Crippen LogP contribution in [0.3, 0.4) is 0 Å². The molecule has 0 spiro atoms. The SMILES string of the molecule is Cc1nc(N[C@H](C)c2ccc(F)cc2)ccc1B1OC(C)(C)C(C)(C)O1. The van der Waals surface area contributed by atoms with Gasteiger partial charge in [0, 0.05) is 17.2 Å². The van der Waals surface area contributed by atoms with Crippen molar-refractivity contribution in [2.75, 3.05) is 5.32 Å². The lowest BCUT2D eigenvalue weighted by Crippen LogP contribution is -2.41. The van der Waals surface area contributed by atoms with E-state index < -0.39 is 7.12 Å². The van der Waals surface area contributed by atoms with Crippen molar-refractivity contribution in [2.24, 2.45) is 0 Å². The third-order valence-electron chi connectivity index (χ3n) is 5.37. The van der Waals surface area contributed by atoms with Crippen molar-refractivity contribution < 1.29 is 13.7 Å². The van der Waals surface area contributed by atoms with Gasteiger partial charge in [0.2, 0.25) is 0 Å². The second-order valence-electron chi connectivity index (χ2n) is 7.88. The average molecular weight is 356 g/mol. The van der Waals surface area contributed by atoms with E-state index in [1.54, 1.807) is 12.1 Å². The van der Waals surface area contributed by atoms with E-state index in [9.17, 15) is 4.39 Å². The van der Waals surface area contributed by atoms with Crippen molar-refractivity contribution in [1.82, 2.24) is 4.98 Å². The fourth-order valence-corrected chi connectivity index (χ4v) is 2.93. The van der Waals surface area contributed by atoms with Gasteiger partial charge >= 0.3 is 7.12 Å². The average Bonchev–Trinajstić information content (AvgIpc) is 2.75. The van der Waals surface area contributed by atoms with Crippen LogP contribution in [0.1, 0.15) is 51.9 Å². The minimum atomic E-state index is -0.420. The van der Waals surface area contributed by atoms with Crippen molar-refractivity contribution in [2.45, 2.75) is 58.8 Å². The number of anilines is 1. The molecular weight excluding hydrogens is 330 g/mol.